The maximum Gasteiger partial charge on any atom is 0.239 e. The van der Waals surface area contributed by atoms with Crippen molar-refractivity contribution in [3.05, 3.63) is 47.9 Å². The Hall–Kier alpha value is -2.15. The molecule has 1 aliphatic rings. The van der Waals surface area contributed by atoms with Gasteiger partial charge < -0.3 is 4.52 Å². The molecule has 1 atom stereocenters. The van der Waals surface area contributed by atoms with Crippen molar-refractivity contribution >= 4 is 11.8 Å². The lowest BCUT2D eigenvalue weighted by Gasteiger charge is -2.04. The van der Waals surface area contributed by atoms with Crippen LogP contribution in [0.5, 0.6) is 0 Å². The number of benzene rings is 1. The summed E-state index contributed by atoms with van der Waals surface area (Å²) in [6.07, 6.45) is 2.37. The molecule has 4 rings (SSSR count). The van der Waals surface area contributed by atoms with Gasteiger partial charge in [0.05, 0.1) is 10.9 Å². The van der Waals surface area contributed by atoms with E-state index in [0.29, 0.717) is 11.8 Å². The second-order valence-corrected chi connectivity index (χ2v) is 7.99. The van der Waals surface area contributed by atoms with Crippen molar-refractivity contribution in [1.82, 2.24) is 24.9 Å². The molecular weight excluding hydrogens is 334 g/mol. The lowest BCUT2D eigenvalue weighted by molar-refractivity contribution is 0.373. The van der Waals surface area contributed by atoms with E-state index in [0.717, 1.165) is 22.5 Å². The predicted octanol–water partition coefficient (Wildman–Crippen LogP) is 4.50. The highest BCUT2D eigenvalue weighted by Gasteiger charge is 2.31. The number of hydrogen-bond acceptors (Lipinski definition) is 6. The number of aromatic nitrogens is 5. The molecule has 0 spiro atoms. The van der Waals surface area contributed by atoms with Crippen molar-refractivity contribution in [2.75, 3.05) is 0 Å². The smallest absolute Gasteiger partial charge is 0.239 e. The Morgan fingerprint density at radius 2 is 1.88 bits per heavy atom. The highest BCUT2D eigenvalue weighted by Crippen LogP contribution is 2.41. The lowest BCUT2D eigenvalue weighted by atomic mass is 10.2. The second kappa shape index (κ2) is 6.63. The summed E-state index contributed by atoms with van der Waals surface area (Å²) < 4.78 is 7.37. The summed E-state index contributed by atoms with van der Waals surface area (Å²) in [5, 5.41) is 9.53. The summed E-state index contributed by atoms with van der Waals surface area (Å²) >= 11 is 1.56. The second-order valence-electron chi connectivity index (χ2n) is 6.68. The van der Waals surface area contributed by atoms with Gasteiger partial charge in [-0.05, 0) is 31.9 Å². The largest absolute Gasteiger partial charge is 0.338 e. The Balaban J connectivity index is 1.58. The van der Waals surface area contributed by atoms with Gasteiger partial charge in [-0.25, -0.2) is 9.67 Å². The van der Waals surface area contributed by atoms with Gasteiger partial charge in [-0.3, -0.25) is 0 Å². The van der Waals surface area contributed by atoms with E-state index in [4.69, 9.17) is 14.6 Å². The predicted molar refractivity (Wildman–Crippen MR) is 96.0 cm³/mol. The fraction of sp³-hybridized carbons (Fsp3) is 0.444. The van der Waals surface area contributed by atoms with E-state index in [1.807, 2.05) is 29.8 Å². The molecule has 130 valence electrons. The van der Waals surface area contributed by atoms with Crippen molar-refractivity contribution in [2.45, 2.75) is 55.9 Å². The minimum Gasteiger partial charge on any atom is -0.338 e. The summed E-state index contributed by atoms with van der Waals surface area (Å²) in [7, 11) is 0. The zero-order valence-electron chi connectivity index (χ0n) is 14.6. The Bertz CT molecular complexity index is 853. The van der Waals surface area contributed by atoms with Crippen LogP contribution in [0.4, 0.5) is 0 Å². The van der Waals surface area contributed by atoms with E-state index >= 15 is 0 Å². The number of rotatable bonds is 6. The van der Waals surface area contributed by atoms with E-state index in [-0.39, 0.29) is 11.2 Å². The molecule has 1 aliphatic carbocycles. The van der Waals surface area contributed by atoms with Crippen LogP contribution in [0.3, 0.4) is 0 Å². The van der Waals surface area contributed by atoms with Crippen LogP contribution in [0.1, 0.15) is 68.2 Å². The minimum atomic E-state index is 0.0127. The zero-order chi connectivity index (χ0) is 17.4. The van der Waals surface area contributed by atoms with E-state index in [9.17, 15) is 0 Å². The number of nitrogens with zero attached hydrogens (tertiary/aromatic N) is 5. The number of para-hydroxylation sites is 1. The maximum atomic E-state index is 5.40. The molecule has 1 unspecified atom stereocenters. The van der Waals surface area contributed by atoms with Gasteiger partial charge in [0, 0.05) is 11.8 Å². The van der Waals surface area contributed by atoms with E-state index in [1.165, 1.54) is 12.8 Å². The van der Waals surface area contributed by atoms with Gasteiger partial charge >= 0.3 is 0 Å². The Labute approximate surface area is 151 Å². The third-order valence-electron chi connectivity index (χ3n) is 4.16. The molecule has 25 heavy (non-hydrogen) atoms. The number of thioether (sulfide) groups is 1. The van der Waals surface area contributed by atoms with Crippen molar-refractivity contribution in [3.8, 4) is 5.69 Å². The third-order valence-corrected chi connectivity index (χ3v) is 5.10. The van der Waals surface area contributed by atoms with E-state index in [1.54, 1.807) is 11.8 Å². The molecular formula is C18H21N5OS. The quantitative estimate of drug-likeness (QED) is 0.606. The fourth-order valence-corrected chi connectivity index (χ4v) is 3.36. The standard InChI is InChI=1S/C18H21N5OS/c1-11(2)15-19-17(24-22-15)12(3)25-18-20-16(13-9-10-13)23(21-18)14-7-5-4-6-8-14/h4-8,11-13H,9-10H2,1-3H3. The van der Waals surface area contributed by atoms with Crippen LogP contribution in [0.25, 0.3) is 5.69 Å². The van der Waals surface area contributed by atoms with E-state index in [2.05, 4.69) is 36.1 Å². The molecule has 0 aliphatic heterocycles. The van der Waals surface area contributed by atoms with Gasteiger partial charge in [-0.15, -0.1) is 5.10 Å². The first-order chi connectivity index (χ1) is 12.1. The van der Waals surface area contributed by atoms with Crippen molar-refractivity contribution < 1.29 is 4.52 Å². The molecule has 0 saturated heterocycles. The fourth-order valence-electron chi connectivity index (χ4n) is 2.57. The molecule has 0 amide bonds. The van der Waals surface area contributed by atoms with Gasteiger partial charge in [-0.1, -0.05) is 49.0 Å². The third kappa shape index (κ3) is 3.46. The molecule has 0 N–H and O–H groups in total. The molecule has 2 heterocycles. The summed E-state index contributed by atoms with van der Waals surface area (Å²) in [5.74, 6) is 3.19. The van der Waals surface area contributed by atoms with Gasteiger partial charge in [0.1, 0.15) is 5.82 Å². The van der Waals surface area contributed by atoms with E-state index < -0.39 is 0 Å². The summed E-state index contributed by atoms with van der Waals surface area (Å²) in [4.78, 5) is 9.26. The molecule has 1 aromatic carbocycles. The molecule has 6 nitrogen and oxygen atoms in total. The van der Waals surface area contributed by atoms with Gasteiger partial charge in [0.2, 0.25) is 11.0 Å². The minimum absolute atomic E-state index is 0.0127. The Morgan fingerprint density at radius 3 is 2.52 bits per heavy atom. The normalized spacial score (nSPS) is 15.7. The first-order valence-electron chi connectivity index (χ1n) is 8.64. The molecule has 1 saturated carbocycles. The maximum absolute atomic E-state index is 5.40. The van der Waals surface area contributed by atoms with Crippen LogP contribution in [0, 0.1) is 0 Å². The summed E-state index contributed by atoms with van der Waals surface area (Å²) in [5.41, 5.74) is 1.05. The van der Waals surface area contributed by atoms with Crippen molar-refractivity contribution in [3.63, 3.8) is 0 Å². The highest BCUT2D eigenvalue weighted by atomic mass is 32.2. The summed E-state index contributed by atoms with van der Waals surface area (Å²) in [6.45, 7) is 6.15. The SMILES string of the molecule is CC(C)c1noc(C(C)Sc2nc(C3CC3)n(-c3ccccc3)n2)n1. The van der Waals surface area contributed by atoms with Crippen LogP contribution in [0.15, 0.2) is 40.0 Å². The molecule has 0 radical (unpaired) electrons. The molecule has 3 aromatic rings. The average Bonchev–Trinajstić information content (AvgIpc) is 3.18. The Morgan fingerprint density at radius 1 is 1.12 bits per heavy atom. The van der Waals surface area contributed by atoms with Crippen LogP contribution >= 0.6 is 11.8 Å². The molecule has 2 aromatic heterocycles. The molecule has 1 fully saturated rings. The zero-order valence-corrected chi connectivity index (χ0v) is 15.4. The Kier molecular flexibility index (Phi) is 4.33. The number of hydrogen-bond donors (Lipinski definition) is 0. The van der Waals surface area contributed by atoms with Crippen LogP contribution in [-0.2, 0) is 0 Å². The molecule has 7 heteroatoms. The van der Waals surface area contributed by atoms with Crippen molar-refractivity contribution in [2.24, 2.45) is 0 Å². The monoisotopic (exact) mass is 355 g/mol. The highest BCUT2D eigenvalue weighted by molar-refractivity contribution is 7.99. The first kappa shape index (κ1) is 16.3. The van der Waals surface area contributed by atoms with Crippen LogP contribution < -0.4 is 0 Å². The molecule has 0 bridgehead atoms. The van der Waals surface area contributed by atoms with Gasteiger partial charge in [-0.2, -0.15) is 4.98 Å². The van der Waals surface area contributed by atoms with Gasteiger partial charge in [0.25, 0.3) is 0 Å². The van der Waals surface area contributed by atoms with Crippen molar-refractivity contribution in [1.29, 1.82) is 0 Å². The van der Waals surface area contributed by atoms with Gasteiger partial charge in [0.15, 0.2) is 5.82 Å². The first-order valence-corrected chi connectivity index (χ1v) is 9.52. The van der Waals surface area contributed by atoms with Crippen LogP contribution in [0.2, 0.25) is 0 Å². The average molecular weight is 355 g/mol. The topological polar surface area (TPSA) is 69.6 Å². The summed E-state index contributed by atoms with van der Waals surface area (Å²) in [6, 6.07) is 10.2. The lowest BCUT2D eigenvalue weighted by Crippen LogP contribution is -2.01. The van der Waals surface area contributed by atoms with Crippen LogP contribution in [-0.4, -0.2) is 24.9 Å².